The molecule has 2 heterocycles. The fourth-order valence-corrected chi connectivity index (χ4v) is 3.49. The van der Waals surface area contributed by atoms with Crippen LogP contribution in [0.15, 0.2) is 12.1 Å². The van der Waals surface area contributed by atoms with Crippen LogP contribution >= 0.6 is 22.9 Å². The van der Waals surface area contributed by atoms with Gasteiger partial charge in [-0.2, -0.15) is 0 Å². The van der Waals surface area contributed by atoms with Crippen LogP contribution in [0.4, 0.5) is 0 Å². The number of piperazine rings is 1. The van der Waals surface area contributed by atoms with Crippen LogP contribution in [0.25, 0.3) is 0 Å². The molecule has 1 amide bonds. The number of nitrogens with zero attached hydrogens (tertiary/aromatic N) is 1. The average Bonchev–Trinajstić information content (AvgIpc) is 2.70. The molecule has 1 fully saturated rings. The molecule has 5 heteroatoms. The molecule has 1 N–H and O–H groups in total. The molecule has 0 radical (unpaired) electrons. The lowest BCUT2D eigenvalue weighted by molar-refractivity contribution is -0.132. The van der Waals surface area contributed by atoms with Crippen LogP contribution < -0.4 is 5.32 Å². The van der Waals surface area contributed by atoms with Crippen LogP contribution in [0.5, 0.6) is 0 Å². The Morgan fingerprint density at radius 1 is 1.44 bits per heavy atom. The molecular weight excluding hydrogens is 268 g/mol. The van der Waals surface area contributed by atoms with Crippen molar-refractivity contribution in [3.63, 3.8) is 0 Å². The zero-order valence-corrected chi connectivity index (χ0v) is 12.4. The summed E-state index contributed by atoms with van der Waals surface area (Å²) in [7, 11) is 0. The minimum Gasteiger partial charge on any atom is -0.340 e. The number of rotatable bonds is 3. The molecule has 0 unspecified atom stereocenters. The molecule has 2 atom stereocenters. The molecule has 1 aromatic rings. The number of carbonyl (C=O) groups excluding carboxylic acids is 1. The summed E-state index contributed by atoms with van der Waals surface area (Å²) in [5.41, 5.74) is 0. The number of thiophene rings is 1. The van der Waals surface area contributed by atoms with E-state index in [9.17, 15) is 4.79 Å². The molecule has 2 rings (SSSR count). The molecule has 100 valence electrons. The first kappa shape index (κ1) is 13.8. The largest absolute Gasteiger partial charge is 0.340 e. The third-order valence-corrected chi connectivity index (χ3v) is 4.42. The van der Waals surface area contributed by atoms with E-state index in [-0.39, 0.29) is 5.91 Å². The molecule has 0 aliphatic carbocycles. The van der Waals surface area contributed by atoms with E-state index >= 15 is 0 Å². The van der Waals surface area contributed by atoms with E-state index in [1.807, 2.05) is 17.0 Å². The van der Waals surface area contributed by atoms with Crippen molar-refractivity contribution in [3.8, 4) is 0 Å². The van der Waals surface area contributed by atoms with Gasteiger partial charge in [0.15, 0.2) is 0 Å². The Balaban J connectivity index is 1.84. The van der Waals surface area contributed by atoms with Gasteiger partial charge in [0.2, 0.25) is 5.91 Å². The second-order valence-electron chi connectivity index (χ2n) is 4.97. The fourth-order valence-electron chi connectivity index (χ4n) is 2.40. The van der Waals surface area contributed by atoms with Crippen LogP contribution in [0.3, 0.4) is 0 Å². The van der Waals surface area contributed by atoms with Crippen LogP contribution in [0.1, 0.15) is 25.1 Å². The maximum absolute atomic E-state index is 12.1. The summed E-state index contributed by atoms with van der Waals surface area (Å²) in [5.74, 6) is 0.250. The van der Waals surface area contributed by atoms with Crippen LogP contribution in [0.2, 0.25) is 4.34 Å². The summed E-state index contributed by atoms with van der Waals surface area (Å²) in [6.45, 7) is 5.87. The van der Waals surface area contributed by atoms with Crippen molar-refractivity contribution in [1.29, 1.82) is 0 Å². The lowest BCUT2D eigenvalue weighted by Crippen LogP contribution is -2.55. The Morgan fingerprint density at radius 2 is 2.11 bits per heavy atom. The Hall–Kier alpha value is -0.580. The number of carbonyl (C=O) groups is 1. The van der Waals surface area contributed by atoms with Crippen molar-refractivity contribution < 1.29 is 4.79 Å². The van der Waals surface area contributed by atoms with E-state index < -0.39 is 0 Å². The van der Waals surface area contributed by atoms with Gasteiger partial charge in [0.25, 0.3) is 0 Å². The first-order valence-electron chi connectivity index (χ1n) is 6.32. The number of amides is 1. The fraction of sp³-hybridized carbons (Fsp3) is 0.615. The number of hydrogen-bond acceptors (Lipinski definition) is 3. The van der Waals surface area contributed by atoms with Crippen molar-refractivity contribution in [2.75, 3.05) is 13.1 Å². The van der Waals surface area contributed by atoms with Gasteiger partial charge in [-0.05, 0) is 32.4 Å². The van der Waals surface area contributed by atoms with Gasteiger partial charge in [-0.25, -0.2) is 0 Å². The minimum absolute atomic E-state index is 0.250. The summed E-state index contributed by atoms with van der Waals surface area (Å²) in [4.78, 5) is 15.3. The molecule has 3 nitrogen and oxygen atoms in total. The highest BCUT2D eigenvalue weighted by molar-refractivity contribution is 7.16. The summed E-state index contributed by atoms with van der Waals surface area (Å²) in [6, 6.07) is 4.66. The monoisotopic (exact) mass is 286 g/mol. The maximum atomic E-state index is 12.1. The Kier molecular flexibility index (Phi) is 4.65. The minimum atomic E-state index is 0.250. The normalized spacial score (nSPS) is 24.3. The first-order valence-corrected chi connectivity index (χ1v) is 7.52. The second-order valence-corrected chi connectivity index (χ2v) is 6.77. The first-order chi connectivity index (χ1) is 8.54. The zero-order valence-electron chi connectivity index (χ0n) is 10.8. The Labute approximate surface area is 117 Å². The molecule has 1 aliphatic heterocycles. The van der Waals surface area contributed by atoms with E-state index in [4.69, 9.17) is 11.6 Å². The highest BCUT2D eigenvalue weighted by Gasteiger charge is 2.24. The standard InChI is InChI=1S/C13H19ClN2OS/c1-9-7-16(8-10(2)15-9)13(17)6-4-11-3-5-12(14)18-11/h3,5,9-10,15H,4,6-8H2,1-2H3/t9-,10-/m0/s1. The van der Waals surface area contributed by atoms with Crippen molar-refractivity contribution >= 4 is 28.8 Å². The van der Waals surface area contributed by atoms with Gasteiger partial charge in [-0.1, -0.05) is 11.6 Å². The molecule has 1 saturated heterocycles. The van der Waals surface area contributed by atoms with E-state index in [2.05, 4.69) is 19.2 Å². The van der Waals surface area contributed by atoms with Crippen molar-refractivity contribution in [2.24, 2.45) is 0 Å². The lowest BCUT2D eigenvalue weighted by Gasteiger charge is -2.36. The molecule has 0 spiro atoms. The molecule has 18 heavy (non-hydrogen) atoms. The van der Waals surface area contributed by atoms with Gasteiger partial charge in [-0.3, -0.25) is 4.79 Å². The summed E-state index contributed by atoms with van der Waals surface area (Å²) in [6.07, 6.45) is 1.37. The van der Waals surface area contributed by atoms with E-state index in [0.29, 0.717) is 18.5 Å². The summed E-state index contributed by atoms with van der Waals surface area (Å²) < 4.78 is 0.793. The number of hydrogen-bond donors (Lipinski definition) is 1. The summed E-state index contributed by atoms with van der Waals surface area (Å²) >= 11 is 7.44. The molecule has 1 aromatic heterocycles. The van der Waals surface area contributed by atoms with Crippen molar-refractivity contribution in [3.05, 3.63) is 21.3 Å². The highest BCUT2D eigenvalue weighted by Crippen LogP contribution is 2.22. The predicted octanol–water partition coefficient (Wildman–Crippen LogP) is 2.54. The third-order valence-electron chi connectivity index (χ3n) is 3.12. The molecule has 1 aliphatic rings. The van der Waals surface area contributed by atoms with E-state index in [1.54, 1.807) is 11.3 Å². The molecule has 0 saturated carbocycles. The van der Waals surface area contributed by atoms with Gasteiger partial charge >= 0.3 is 0 Å². The maximum Gasteiger partial charge on any atom is 0.223 e. The smallest absolute Gasteiger partial charge is 0.223 e. The van der Waals surface area contributed by atoms with Crippen LogP contribution in [-0.2, 0) is 11.2 Å². The number of nitrogens with one attached hydrogen (secondary N) is 1. The van der Waals surface area contributed by atoms with E-state index in [1.165, 1.54) is 4.88 Å². The van der Waals surface area contributed by atoms with Crippen molar-refractivity contribution in [2.45, 2.75) is 38.8 Å². The van der Waals surface area contributed by atoms with Crippen LogP contribution in [0, 0.1) is 0 Å². The van der Waals surface area contributed by atoms with Gasteiger partial charge in [0.05, 0.1) is 4.34 Å². The van der Waals surface area contributed by atoms with Gasteiger partial charge in [0, 0.05) is 36.5 Å². The van der Waals surface area contributed by atoms with Crippen molar-refractivity contribution in [1.82, 2.24) is 10.2 Å². The quantitative estimate of drug-likeness (QED) is 0.926. The SMILES string of the molecule is C[C@H]1CN(C(=O)CCc2ccc(Cl)s2)C[C@H](C)N1. The topological polar surface area (TPSA) is 32.3 Å². The van der Waals surface area contributed by atoms with Gasteiger partial charge in [-0.15, -0.1) is 11.3 Å². The molecule has 0 aromatic carbocycles. The molecule has 0 bridgehead atoms. The Morgan fingerprint density at radius 3 is 2.67 bits per heavy atom. The Bertz CT molecular complexity index is 411. The van der Waals surface area contributed by atoms with E-state index in [0.717, 1.165) is 23.8 Å². The third kappa shape index (κ3) is 3.70. The number of halogens is 1. The second kappa shape index (κ2) is 6.04. The van der Waals surface area contributed by atoms with Gasteiger partial charge < -0.3 is 10.2 Å². The molecular formula is C13H19ClN2OS. The van der Waals surface area contributed by atoms with Gasteiger partial charge in [0.1, 0.15) is 0 Å². The predicted molar refractivity (Wildman–Crippen MR) is 76.3 cm³/mol. The summed E-state index contributed by atoms with van der Waals surface area (Å²) in [5, 5.41) is 3.43. The van der Waals surface area contributed by atoms with Crippen LogP contribution in [-0.4, -0.2) is 36.0 Å². The highest BCUT2D eigenvalue weighted by atomic mass is 35.5. The average molecular weight is 287 g/mol. The zero-order chi connectivity index (χ0) is 13.1. The number of aryl methyl sites for hydroxylation is 1. The lowest BCUT2D eigenvalue weighted by atomic mass is 10.1.